The van der Waals surface area contributed by atoms with Crippen LogP contribution in [0.15, 0.2) is 24.3 Å². The maximum atomic E-state index is 3.52. The summed E-state index contributed by atoms with van der Waals surface area (Å²) >= 11 is 14.1. The van der Waals surface area contributed by atoms with E-state index in [1.807, 2.05) is 0 Å². The summed E-state index contributed by atoms with van der Waals surface area (Å²) in [6.07, 6.45) is 9.85. The Labute approximate surface area is 157 Å². The van der Waals surface area contributed by atoms with Gasteiger partial charge in [0.1, 0.15) is 0 Å². The Morgan fingerprint density at radius 1 is 0.600 bits per heavy atom. The van der Waals surface area contributed by atoms with Crippen molar-refractivity contribution in [3.05, 3.63) is 35.4 Å². The van der Waals surface area contributed by atoms with Gasteiger partial charge in [0.15, 0.2) is 0 Å². The van der Waals surface area contributed by atoms with E-state index in [1.54, 1.807) is 0 Å². The maximum Gasteiger partial charge on any atom is 0.0697 e. The molecule has 0 heterocycles. The summed E-state index contributed by atoms with van der Waals surface area (Å²) in [5.74, 6) is 0. The van der Waals surface area contributed by atoms with Gasteiger partial charge in [0, 0.05) is 0 Å². The Hall–Kier alpha value is 1.14. The summed E-state index contributed by atoms with van der Waals surface area (Å²) in [6.45, 7) is 0. The predicted molar refractivity (Wildman–Crippen MR) is 105 cm³/mol. The average molecular weight is 534 g/mol. The van der Waals surface area contributed by atoms with E-state index >= 15 is 0 Å². The number of halogens is 4. The minimum absolute atomic E-state index is 0.469. The maximum absolute atomic E-state index is 3.52. The molecular formula is C16H22Br4. The zero-order valence-corrected chi connectivity index (χ0v) is 18.0. The SMILES string of the molecule is BrC(Br)CCCCc1ccc(CCCCC(Br)Br)cc1. The van der Waals surface area contributed by atoms with Crippen LogP contribution in [0.3, 0.4) is 0 Å². The van der Waals surface area contributed by atoms with Gasteiger partial charge in [-0.25, -0.2) is 0 Å². The average Bonchev–Trinajstić information content (AvgIpc) is 2.41. The second-order valence-corrected chi connectivity index (χ2v) is 12.0. The zero-order valence-electron chi connectivity index (χ0n) is 11.6. The van der Waals surface area contributed by atoms with E-state index in [4.69, 9.17) is 0 Å². The predicted octanol–water partition coefficient (Wildman–Crippen LogP) is 7.34. The van der Waals surface area contributed by atoms with Crippen molar-refractivity contribution in [1.29, 1.82) is 0 Å². The molecule has 0 aliphatic carbocycles. The van der Waals surface area contributed by atoms with Crippen LogP contribution in [0.1, 0.15) is 49.7 Å². The molecule has 0 aliphatic heterocycles. The molecule has 0 aromatic heterocycles. The van der Waals surface area contributed by atoms with Gasteiger partial charge in [-0.2, -0.15) is 0 Å². The lowest BCUT2D eigenvalue weighted by molar-refractivity contribution is 0.711. The summed E-state index contributed by atoms with van der Waals surface area (Å²) in [6, 6.07) is 9.19. The molecule has 0 radical (unpaired) electrons. The molecule has 4 heteroatoms. The number of benzene rings is 1. The molecule has 0 spiro atoms. The fraction of sp³-hybridized carbons (Fsp3) is 0.625. The molecule has 0 saturated heterocycles. The van der Waals surface area contributed by atoms with Crippen LogP contribution in [0.2, 0.25) is 0 Å². The van der Waals surface area contributed by atoms with Gasteiger partial charge in [-0.1, -0.05) is 101 Å². The second kappa shape index (κ2) is 11.7. The molecule has 114 valence electrons. The van der Waals surface area contributed by atoms with Crippen molar-refractivity contribution in [2.45, 2.75) is 58.8 Å². The highest BCUT2D eigenvalue weighted by Crippen LogP contribution is 2.19. The van der Waals surface area contributed by atoms with Crippen LogP contribution in [0.4, 0.5) is 0 Å². The molecule has 0 nitrogen and oxygen atoms in total. The van der Waals surface area contributed by atoms with E-state index in [2.05, 4.69) is 88.0 Å². The van der Waals surface area contributed by atoms with E-state index in [0.717, 1.165) is 0 Å². The summed E-state index contributed by atoms with van der Waals surface area (Å²) in [7, 11) is 0. The van der Waals surface area contributed by atoms with Crippen LogP contribution < -0.4 is 0 Å². The summed E-state index contributed by atoms with van der Waals surface area (Å²) in [5, 5.41) is 0. The highest BCUT2D eigenvalue weighted by molar-refractivity contribution is 9.25. The molecule has 1 aromatic carbocycles. The first-order valence-corrected chi connectivity index (χ1v) is 10.9. The number of unbranched alkanes of at least 4 members (excludes halogenated alkanes) is 2. The van der Waals surface area contributed by atoms with Crippen LogP contribution in [0, 0.1) is 0 Å². The van der Waals surface area contributed by atoms with E-state index < -0.39 is 0 Å². The van der Waals surface area contributed by atoms with Gasteiger partial charge in [0.2, 0.25) is 0 Å². The normalized spacial score (nSPS) is 11.5. The van der Waals surface area contributed by atoms with E-state index in [1.165, 1.54) is 62.5 Å². The molecule has 0 amide bonds. The fourth-order valence-corrected chi connectivity index (χ4v) is 3.42. The first-order valence-electron chi connectivity index (χ1n) is 7.22. The standard InChI is InChI=1S/C16H22Br4/c17-15(18)7-3-1-5-13-9-11-14(12-10-13)6-2-4-8-16(19)20/h9-12,15-16H,1-8H2. The minimum Gasteiger partial charge on any atom is -0.0765 e. The molecule has 0 N–H and O–H groups in total. The Morgan fingerprint density at radius 2 is 0.950 bits per heavy atom. The molecule has 0 bridgehead atoms. The van der Waals surface area contributed by atoms with Crippen molar-refractivity contribution in [3.63, 3.8) is 0 Å². The highest BCUT2D eigenvalue weighted by Gasteiger charge is 2.00. The largest absolute Gasteiger partial charge is 0.0765 e. The van der Waals surface area contributed by atoms with Crippen LogP contribution in [-0.4, -0.2) is 7.47 Å². The van der Waals surface area contributed by atoms with Crippen molar-refractivity contribution in [3.8, 4) is 0 Å². The third-order valence-corrected chi connectivity index (χ3v) is 5.13. The van der Waals surface area contributed by atoms with Gasteiger partial charge < -0.3 is 0 Å². The van der Waals surface area contributed by atoms with E-state index in [9.17, 15) is 0 Å². The highest BCUT2D eigenvalue weighted by atomic mass is 79.9. The third kappa shape index (κ3) is 9.97. The first-order chi connectivity index (χ1) is 9.58. The van der Waals surface area contributed by atoms with Gasteiger partial charge in [-0.15, -0.1) is 0 Å². The smallest absolute Gasteiger partial charge is 0.0697 e. The summed E-state index contributed by atoms with van der Waals surface area (Å²) in [5.41, 5.74) is 2.94. The Morgan fingerprint density at radius 3 is 1.25 bits per heavy atom. The van der Waals surface area contributed by atoms with Crippen molar-refractivity contribution in [2.75, 3.05) is 0 Å². The van der Waals surface area contributed by atoms with Crippen LogP contribution in [-0.2, 0) is 12.8 Å². The van der Waals surface area contributed by atoms with Crippen molar-refractivity contribution in [2.24, 2.45) is 0 Å². The van der Waals surface area contributed by atoms with Crippen LogP contribution in [0.25, 0.3) is 0 Å². The minimum atomic E-state index is 0.469. The number of rotatable bonds is 10. The quantitative estimate of drug-likeness (QED) is 0.218. The number of aryl methyl sites for hydroxylation is 2. The van der Waals surface area contributed by atoms with Crippen LogP contribution in [0.5, 0.6) is 0 Å². The Kier molecular flexibility index (Phi) is 11.2. The third-order valence-electron chi connectivity index (χ3n) is 3.30. The van der Waals surface area contributed by atoms with E-state index in [0.29, 0.717) is 7.47 Å². The van der Waals surface area contributed by atoms with Crippen molar-refractivity contribution >= 4 is 63.7 Å². The molecule has 1 aromatic rings. The molecule has 1 rings (SSSR count). The second-order valence-electron chi connectivity index (χ2n) is 5.09. The first kappa shape index (κ1) is 19.2. The molecule has 0 aliphatic rings. The van der Waals surface area contributed by atoms with E-state index in [-0.39, 0.29) is 0 Å². The van der Waals surface area contributed by atoms with Crippen LogP contribution >= 0.6 is 63.7 Å². The molecule has 0 atom stereocenters. The monoisotopic (exact) mass is 530 g/mol. The van der Waals surface area contributed by atoms with Gasteiger partial charge in [0.05, 0.1) is 7.47 Å². The molecule has 0 fully saturated rings. The molecule has 0 saturated carbocycles. The van der Waals surface area contributed by atoms with Gasteiger partial charge in [-0.3, -0.25) is 0 Å². The lowest BCUT2D eigenvalue weighted by Crippen LogP contribution is -1.92. The summed E-state index contributed by atoms with van der Waals surface area (Å²) < 4.78 is 0.937. The fourth-order valence-electron chi connectivity index (χ4n) is 2.13. The molecule has 0 unspecified atom stereocenters. The number of hydrogen-bond donors (Lipinski definition) is 0. The Balaban J connectivity index is 2.19. The van der Waals surface area contributed by atoms with Gasteiger partial charge in [-0.05, 0) is 49.7 Å². The zero-order chi connectivity index (χ0) is 14.8. The van der Waals surface area contributed by atoms with Gasteiger partial charge >= 0.3 is 0 Å². The lowest BCUT2D eigenvalue weighted by atomic mass is 10.0. The number of hydrogen-bond acceptors (Lipinski definition) is 0. The molecule has 20 heavy (non-hydrogen) atoms. The lowest BCUT2D eigenvalue weighted by Gasteiger charge is -2.06. The van der Waals surface area contributed by atoms with Crippen molar-refractivity contribution < 1.29 is 0 Å². The Bertz CT molecular complexity index is 311. The van der Waals surface area contributed by atoms with Crippen molar-refractivity contribution in [1.82, 2.24) is 0 Å². The topological polar surface area (TPSA) is 0 Å². The van der Waals surface area contributed by atoms with Gasteiger partial charge in [0.25, 0.3) is 0 Å². The number of alkyl halides is 4. The molecular weight excluding hydrogens is 512 g/mol. The summed E-state index contributed by atoms with van der Waals surface area (Å²) in [4.78, 5) is 0.